The summed E-state index contributed by atoms with van der Waals surface area (Å²) < 4.78 is 4.26. The van der Waals surface area contributed by atoms with Crippen molar-refractivity contribution in [3.63, 3.8) is 0 Å². The molecular weight excluding hydrogens is 506 g/mol. The number of fused-ring (bicyclic) bond motifs is 6. The van der Waals surface area contributed by atoms with Gasteiger partial charge in [-0.05, 0) is 45.0 Å². The highest BCUT2D eigenvalue weighted by Gasteiger charge is 2.22. The van der Waals surface area contributed by atoms with Crippen LogP contribution in [0.2, 0.25) is 0 Å². The standard InChI is InChI=1S/C34H25N7/c1-20-31(21(2)36-22(3)35-20)32-37-33(40-27-16-8-4-12-23(27)24-13-5-9-17-28(24)40)39-34(38-32)41-29-18-10-6-14-25(29)26-15-7-11-19-30(26)41/h4-19H,1-3H3. The predicted molar refractivity (Wildman–Crippen MR) is 164 cm³/mol. The Morgan fingerprint density at radius 1 is 0.415 bits per heavy atom. The molecule has 0 saturated heterocycles. The fourth-order valence-corrected chi connectivity index (χ4v) is 6.15. The van der Waals surface area contributed by atoms with Crippen LogP contribution in [0.25, 0.3) is 66.9 Å². The van der Waals surface area contributed by atoms with Gasteiger partial charge in [-0.1, -0.05) is 72.8 Å². The lowest BCUT2D eigenvalue weighted by molar-refractivity contribution is 0.884. The second kappa shape index (κ2) is 8.79. The summed E-state index contributed by atoms with van der Waals surface area (Å²) in [7, 11) is 0. The average molecular weight is 532 g/mol. The first-order valence-electron chi connectivity index (χ1n) is 13.6. The maximum Gasteiger partial charge on any atom is 0.240 e. The van der Waals surface area contributed by atoms with E-state index in [0.29, 0.717) is 17.7 Å². The van der Waals surface area contributed by atoms with Crippen molar-refractivity contribution in [2.75, 3.05) is 0 Å². The van der Waals surface area contributed by atoms with Crippen LogP contribution in [0.15, 0.2) is 97.1 Å². The number of nitrogens with zero attached hydrogens (tertiary/aromatic N) is 7. The molecule has 7 heteroatoms. The molecule has 0 fully saturated rings. The first-order chi connectivity index (χ1) is 20.1. The van der Waals surface area contributed by atoms with E-state index in [9.17, 15) is 0 Å². The van der Waals surface area contributed by atoms with E-state index in [2.05, 4.69) is 116 Å². The van der Waals surface area contributed by atoms with Crippen LogP contribution in [0, 0.1) is 20.8 Å². The second-order valence-electron chi connectivity index (χ2n) is 10.3. The molecular formula is C34H25N7. The second-order valence-corrected chi connectivity index (χ2v) is 10.3. The largest absolute Gasteiger partial charge is 0.278 e. The molecule has 0 spiro atoms. The maximum absolute atomic E-state index is 5.18. The van der Waals surface area contributed by atoms with Crippen molar-refractivity contribution in [3.8, 4) is 23.3 Å². The van der Waals surface area contributed by atoms with Crippen molar-refractivity contribution in [2.24, 2.45) is 0 Å². The SMILES string of the molecule is Cc1nc(C)c(-c2nc(-n3c4ccccc4c4ccccc43)nc(-n3c4ccccc4c4ccccc43)n2)c(C)n1. The van der Waals surface area contributed by atoms with Crippen LogP contribution >= 0.6 is 0 Å². The van der Waals surface area contributed by atoms with Crippen molar-refractivity contribution in [3.05, 3.63) is 114 Å². The van der Waals surface area contributed by atoms with Crippen LogP contribution in [0.5, 0.6) is 0 Å². The topological polar surface area (TPSA) is 74.3 Å². The zero-order valence-corrected chi connectivity index (χ0v) is 22.9. The molecule has 4 aromatic heterocycles. The zero-order chi connectivity index (χ0) is 27.7. The third-order valence-electron chi connectivity index (χ3n) is 7.78. The van der Waals surface area contributed by atoms with Gasteiger partial charge < -0.3 is 0 Å². The van der Waals surface area contributed by atoms with Gasteiger partial charge in [0.15, 0.2) is 5.82 Å². The van der Waals surface area contributed by atoms with Crippen LogP contribution in [0.3, 0.4) is 0 Å². The maximum atomic E-state index is 5.18. The van der Waals surface area contributed by atoms with E-state index in [1.165, 1.54) is 0 Å². The van der Waals surface area contributed by atoms with Crippen LogP contribution in [-0.2, 0) is 0 Å². The Balaban J connectivity index is 1.53. The van der Waals surface area contributed by atoms with Crippen molar-refractivity contribution < 1.29 is 0 Å². The Morgan fingerprint density at radius 2 is 0.756 bits per heavy atom. The molecule has 41 heavy (non-hydrogen) atoms. The number of rotatable bonds is 3. The molecule has 4 heterocycles. The fraction of sp³-hybridized carbons (Fsp3) is 0.0882. The van der Waals surface area contributed by atoms with Gasteiger partial charge in [-0.25, -0.2) is 9.97 Å². The van der Waals surface area contributed by atoms with Gasteiger partial charge in [0.05, 0.1) is 39.0 Å². The molecule has 4 aromatic carbocycles. The lowest BCUT2D eigenvalue weighted by Gasteiger charge is -2.14. The normalized spacial score (nSPS) is 11.8. The van der Waals surface area contributed by atoms with Gasteiger partial charge in [-0.3, -0.25) is 9.13 Å². The summed E-state index contributed by atoms with van der Waals surface area (Å²) in [6, 6.07) is 33.5. The van der Waals surface area contributed by atoms with Crippen LogP contribution < -0.4 is 0 Å². The number of aryl methyl sites for hydroxylation is 3. The molecule has 0 bridgehead atoms. The molecule has 0 saturated carbocycles. The molecule has 8 aromatic rings. The highest BCUT2D eigenvalue weighted by Crippen LogP contribution is 2.34. The van der Waals surface area contributed by atoms with Crippen LogP contribution in [-0.4, -0.2) is 34.1 Å². The number of hydrogen-bond acceptors (Lipinski definition) is 5. The monoisotopic (exact) mass is 531 g/mol. The van der Waals surface area contributed by atoms with Crippen molar-refractivity contribution in [1.29, 1.82) is 0 Å². The summed E-state index contributed by atoms with van der Waals surface area (Å²) in [5.41, 5.74) is 6.63. The van der Waals surface area contributed by atoms with Gasteiger partial charge in [-0.15, -0.1) is 0 Å². The number of hydrogen-bond donors (Lipinski definition) is 0. The summed E-state index contributed by atoms with van der Waals surface area (Å²) in [5, 5.41) is 4.59. The molecule has 0 atom stereocenters. The molecule has 0 radical (unpaired) electrons. The minimum absolute atomic E-state index is 0.545. The van der Waals surface area contributed by atoms with Crippen LogP contribution in [0.4, 0.5) is 0 Å². The lowest BCUT2D eigenvalue weighted by Crippen LogP contribution is -2.11. The predicted octanol–water partition coefficient (Wildman–Crippen LogP) is 7.45. The Labute approximate surface area is 235 Å². The third kappa shape index (κ3) is 3.49. The number of aromatic nitrogens is 7. The van der Waals surface area contributed by atoms with E-state index < -0.39 is 0 Å². The Kier molecular flexibility index (Phi) is 5.03. The third-order valence-corrected chi connectivity index (χ3v) is 7.78. The van der Waals surface area contributed by atoms with Gasteiger partial charge in [0, 0.05) is 21.5 Å². The molecule has 0 amide bonds. The smallest absolute Gasteiger partial charge is 0.240 e. The average Bonchev–Trinajstić information content (AvgIpc) is 3.50. The minimum Gasteiger partial charge on any atom is -0.278 e. The van der Waals surface area contributed by atoms with E-state index in [1.807, 2.05) is 20.8 Å². The van der Waals surface area contributed by atoms with E-state index in [-0.39, 0.29) is 0 Å². The minimum atomic E-state index is 0.545. The number of benzene rings is 4. The van der Waals surface area contributed by atoms with Crippen molar-refractivity contribution in [2.45, 2.75) is 20.8 Å². The van der Waals surface area contributed by atoms with E-state index in [1.54, 1.807) is 0 Å². The first kappa shape index (κ1) is 23.5. The fourth-order valence-electron chi connectivity index (χ4n) is 6.15. The highest BCUT2D eigenvalue weighted by atomic mass is 15.3. The molecule has 0 aliphatic rings. The molecule has 0 N–H and O–H groups in total. The molecule has 196 valence electrons. The van der Waals surface area contributed by atoms with Crippen molar-refractivity contribution in [1.82, 2.24) is 34.1 Å². The Hall–Kier alpha value is -5.43. The van der Waals surface area contributed by atoms with E-state index in [4.69, 9.17) is 15.0 Å². The molecule has 0 aliphatic carbocycles. The summed E-state index contributed by atoms with van der Waals surface area (Å²) in [5.74, 6) is 2.36. The van der Waals surface area contributed by atoms with Gasteiger partial charge >= 0.3 is 0 Å². The Bertz CT molecular complexity index is 2050. The van der Waals surface area contributed by atoms with Gasteiger partial charge in [0.1, 0.15) is 5.82 Å². The highest BCUT2D eigenvalue weighted by molar-refractivity contribution is 6.10. The molecule has 0 unspecified atom stereocenters. The van der Waals surface area contributed by atoms with Gasteiger partial charge in [0.25, 0.3) is 0 Å². The molecule has 7 nitrogen and oxygen atoms in total. The van der Waals surface area contributed by atoms with Gasteiger partial charge in [0.2, 0.25) is 11.9 Å². The summed E-state index contributed by atoms with van der Waals surface area (Å²) >= 11 is 0. The summed E-state index contributed by atoms with van der Waals surface area (Å²) in [4.78, 5) is 24.8. The molecule has 8 rings (SSSR count). The Morgan fingerprint density at radius 3 is 1.12 bits per heavy atom. The zero-order valence-electron chi connectivity index (χ0n) is 22.9. The van der Waals surface area contributed by atoms with E-state index in [0.717, 1.165) is 66.4 Å². The van der Waals surface area contributed by atoms with E-state index >= 15 is 0 Å². The lowest BCUT2D eigenvalue weighted by atomic mass is 10.1. The number of para-hydroxylation sites is 4. The quantitative estimate of drug-likeness (QED) is 0.237. The van der Waals surface area contributed by atoms with Crippen LogP contribution in [0.1, 0.15) is 17.2 Å². The summed E-state index contributed by atoms with van der Waals surface area (Å²) in [6.07, 6.45) is 0. The molecule has 0 aliphatic heterocycles. The van der Waals surface area contributed by atoms with Crippen molar-refractivity contribution >= 4 is 43.6 Å². The first-order valence-corrected chi connectivity index (χ1v) is 13.6. The summed E-state index contributed by atoms with van der Waals surface area (Å²) in [6.45, 7) is 5.88. The van der Waals surface area contributed by atoms with Gasteiger partial charge in [-0.2, -0.15) is 15.0 Å².